The fraction of sp³-hybridized carbons (Fsp3) is 0.500. The minimum atomic E-state index is -0.0718. The molecule has 0 aliphatic rings. The van der Waals surface area contributed by atoms with Gasteiger partial charge in [-0.05, 0) is 50.8 Å². The van der Waals surface area contributed by atoms with Crippen LogP contribution in [0.15, 0.2) is 23.1 Å². The van der Waals surface area contributed by atoms with Gasteiger partial charge in [-0.3, -0.25) is 0 Å². The molecular weight excluding hydrogens is 204 g/mol. The van der Waals surface area contributed by atoms with E-state index in [9.17, 15) is 0 Å². The first-order valence-corrected chi connectivity index (χ1v) is 5.69. The first-order chi connectivity index (χ1) is 6.88. The molecule has 0 bridgehead atoms. The van der Waals surface area contributed by atoms with Crippen molar-refractivity contribution in [2.24, 2.45) is 5.73 Å². The zero-order valence-corrected chi connectivity index (χ0v) is 10.3. The van der Waals surface area contributed by atoms with Crippen molar-refractivity contribution in [3.05, 3.63) is 23.8 Å². The molecule has 1 aromatic rings. The van der Waals surface area contributed by atoms with Gasteiger partial charge in [0.2, 0.25) is 0 Å². The normalized spacial score (nSPS) is 11.7. The lowest BCUT2D eigenvalue weighted by atomic mass is 9.97. The summed E-state index contributed by atoms with van der Waals surface area (Å²) in [5.74, 6) is 0. The Morgan fingerprint density at radius 2 is 2.00 bits per heavy atom. The predicted octanol–water partition coefficient (Wildman–Crippen LogP) is 2.62. The quantitative estimate of drug-likeness (QED) is 0.544. The van der Waals surface area contributed by atoms with Gasteiger partial charge in [-0.15, -0.1) is 12.6 Å². The molecule has 84 valence electrons. The van der Waals surface area contributed by atoms with Crippen LogP contribution in [-0.2, 0) is 6.42 Å². The van der Waals surface area contributed by atoms with Crippen LogP contribution in [-0.4, -0.2) is 5.54 Å². The van der Waals surface area contributed by atoms with E-state index in [0.29, 0.717) is 0 Å². The van der Waals surface area contributed by atoms with E-state index in [1.165, 1.54) is 5.56 Å². The largest absolute Gasteiger partial charge is 0.398 e. The van der Waals surface area contributed by atoms with Gasteiger partial charge >= 0.3 is 0 Å². The molecule has 1 rings (SSSR count). The molecule has 0 heterocycles. The van der Waals surface area contributed by atoms with Crippen molar-refractivity contribution in [3.8, 4) is 0 Å². The summed E-state index contributed by atoms with van der Waals surface area (Å²) < 4.78 is 0. The van der Waals surface area contributed by atoms with Crippen LogP contribution in [0.3, 0.4) is 0 Å². The monoisotopic (exact) mass is 224 g/mol. The van der Waals surface area contributed by atoms with E-state index in [0.717, 1.165) is 29.8 Å². The van der Waals surface area contributed by atoms with Gasteiger partial charge < -0.3 is 11.5 Å². The molecule has 4 N–H and O–H groups in total. The van der Waals surface area contributed by atoms with E-state index in [1.807, 2.05) is 12.1 Å². The summed E-state index contributed by atoms with van der Waals surface area (Å²) in [6, 6.07) is 5.99. The SMILES string of the molecule is CC(C)(N)CCCc1ccc(N)c(S)c1. The summed E-state index contributed by atoms with van der Waals surface area (Å²) >= 11 is 4.30. The Hall–Kier alpha value is -0.670. The number of hydrogen-bond acceptors (Lipinski definition) is 3. The number of nitrogen functional groups attached to an aromatic ring is 1. The summed E-state index contributed by atoms with van der Waals surface area (Å²) in [6.45, 7) is 4.11. The van der Waals surface area contributed by atoms with Gasteiger partial charge in [0.25, 0.3) is 0 Å². The molecule has 0 fully saturated rings. The molecule has 0 saturated carbocycles. The predicted molar refractivity (Wildman–Crippen MR) is 69.3 cm³/mol. The van der Waals surface area contributed by atoms with Gasteiger partial charge in [0.1, 0.15) is 0 Å². The Morgan fingerprint density at radius 1 is 1.33 bits per heavy atom. The fourth-order valence-electron chi connectivity index (χ4n) is 1.49. The van der Waals surface area contributed by atoms with Gasteiger partial charge in [0.15, 0.2) is 0 Å². The number of benzene rings is 1. The maximum atomic E-state index is 5.92. The second-order valence-corrected chi connectivity index (χ2v) is 5.22. The smallest absolute Gasteiger partial charge is 0.0449 e. The molecule has 0 aromatic heterocycles. The van der Waals surface area contributed by atoms with Gasteiger partial charge in [-0.1, -0.05) is 6.07 Å². The van der Waals surface area contributed by atoms with E-state index in [-0.39, 0.29) is 5.54 Å². The maximum absolute atomic E-state index is 5.92. The third-order valence-corrected chi connectivity index (χ3v) is 2.77. The Morgan fingerprint density at radius 3 is 2.53 bits per heavy atom. The third kappa shape index (κ3) is 4.58. The molecule has 0 aliphatic carbocycles. The molecule has 1 aromatic carbocycles. The van der Waals surface area contributed by atoms with Crippen LogP contribution < -0.4 is 11.5 Å². The Kier molecular flexibility index (Phi) is 4.05. The average Bonchev–Trinajstić information content (AvgIpc) is 2.09. The van der Waals surface area contributed by atoms with Crippen molar-refractivity contribution in [1.82, 2.24) is 0 Å². The molecule has 0 amide bonds. The van der Waals surface area contributed by atoms with Crippen LogP contribution in [0.5, 0.6) is 0 Å². The van der Waals surface area contributed by atoms with E-state index < -0.39 is 0 Å². The standard InChI is InChI=1S/C12H20N2S/c1-12(2,14)7-3-4-9-5-6-10(13)11(15)8-9/h5-6,8,15H,3-4,7,13-14H2,1-2H3. The van der Waals surface area contributed by atoms with Crippen LogP contribution >= 0.6 is 12.6 Å². The summed E-state index contributed by atoms with van der Waals surface area (Å²) in [5, 5.41) is 0. The van der Waals surface area contributed by atoms with Crippen molar-refractivity contribution in [1.29, 1.82) is 0 Å². The van der Waals surface area contributed by atoms with Crippen LogP contribution in [0.4, 0.5) is 5.69 Å². The fourth-order valence-corrected chi connectivity index (χ4v) is 1.73. The Bertz CT molecular complexity index is 329. The number of anilines is 1. The highest BCUT2D eigenvalue weighted by molar-refractivity contribution is 7.80. The minimum Gasteiger partial charge on any atom is -0.398 e. The molecule has 15 heavy (non-hydrogen) atoms. The molecule has 0 atom stereocenters. The molecule has 0 aliphatic heterocycles. The van der Waals surface area contributed by atoms with Crippen molar-refractivity contribution >= 4 is 18.3 Å². The van der Waals surface area contributed by atoms with Gasteiger partial charge in [0.05, 0.1) is 0 Å². The number of nitrogens with two attached hydrogens (primary N) is 2. The molecule has 0 radical (unpaired) electrons. The van der Waals surface area contributed by atoms with Gasteiger partial charge in [-0.25, -0.2) is 0 Å². The Balaban J connectivity index is 2.48. The average molecular weight is 224 g/mol. The highest BCUT2D eigenvalue weighted by Gasteiger charge is 2.09. The zero-order valence-electron chi connectivity index (χ0n) is 9.46. The molecule has 3 heteroatoms. The van der Waals surface area contributed by atoms with Crippen molar-refractivity contribution in [3.63, 3.8) is 0 Å². The number of rotatable bonds is 4. The maximum Gasteiger partial charge on any atom is 0.0449 e. The van der Waals surface area contributed by atoms with E-state index >= 15 is 0 Å². The van der Waals surface area contributed by atoms with Crippen LogP contribution in [0, 0.1) is 0 Å². The number of aryl methyl sites for hydroxylation is 1. The number of thiol groups is 1. The number of hydrogen-bond donors (Lipinski definition) is 3. The van der Waals surface area contributed by atoms with E-state index in [2.05, 4.69) is 32.5 Å². The first kappa shape index (κ1) is 12.4. The lowest BCUT2D eigenvalue weighted by Gasteiger charge is -2.17. The molecular formula is C12H20N2S. The van der Waals surface area contributed by atoms with Gasteiger partial charge in [-0.2, -0.15) is 0 Å². The summed E-state index contributed by atoms with van der Waals surface area (Å²) in [6.07, 6.45) is 3.16. The van der Waals surface area contributed by atoms with Crippen LogP contribution in [0.1, 0.15) is 32.3 Å². The summed E-state index contributed by atoms with van der Waals surface area (Å²) in [7, 11) is 0. The zero-order chi connectivity index (χ0) is 11.5. The summed E-state index contributed by atoms with van der Waals surface area (Å²) in [4.78, 5) is 0.861. The summed E-state index contributed by atoms with van der Waals surface area (Å²) in [5.41, 5.74) is 13.6. The van der Waals surface area contributed by atoms with Crippen LogP contribution in [0.2, 0.25) is 0 Å². The molecule has 0 unspecified atom stereocenters. The van der Waals surface area contributed by atoms with E-state index in [1.54, 1.807) is 0 Å². The third-order valence-electron chi connectivity index (χ3n) is 2.38. The van der Waals surface area contributed by atoms with Crippen molar-refractivity contribution in [2.45, 2.75) is 43.5 Å². The molecule has 0 spiro atoms. The Labute approximate surface area is 97.5 Å². The topological polar surface area (TPSA) is 52.0 Å². The first-order valence-electron chi connectivity index (χ1n) is 5.25. The molecule has 0 saturated heterocycles. The lowest BCUT2D eigenvalue weighted by molar-refractivity contribution is 0.459. The lowest BCUT2D eigenvalue weighted by Crippen LogP contribution is -2.31. The van der Waals surface area contributed by atoms with Crippen molar-refractivity contribution in [2.75, 3.05) is 5.73 Å². The van der Waals surface area contributed by atoms with Gasteiger partial charge in [0, 0.05) is 16.1 Å². The minimum absolute atomic E-state index is 0.0718. The van der Waals surface area contributed by atoms with Crippen molar-refractivity contribution < 1.29 is 0 Å². The second kappa shape index (κ2) is 4.90. The van der Waals surface area contributed by atoms with E-state index in [4.69, 9.17) is 11.5 Å². The highest BCUT2D eigenvalue weighted by Crippen LogP contribution is 2.19. The second-order valence-electron chi connectivity index (χ2n) is 4.74. The van der Waals surface area contributed by atoms with Crippen LogP contribution in [0.25, 0.3) is 0 Å². The highest BCUT2D eigenvalue weighted by atomic mass is 32.1. The molecule has 2 nitrogen and oxygen atoms in total.